The Bertz CT molecular complexity index is 276. The van der Waals surface area contributed by atoms with Crippen LogP contribution in [-0.4, -0.2) is 11.1 Å². The van der Waals surface area contributed by atoms with Gasteiger partial charge in [0.25, 0.3) is 0 Å². The maximum atomic E-state index is 10.7. The summed E-state index contributed by atoms with van der Waals surface area (Å²) in [6, 6.07) is 1.90. The molecule has 0 bridgehead atoms. The Kier molecular flexibility index (Phi) is 2.87. The molecular weight excluding hydrogens is 172 g/mol. The zero-order chi connectivity index (χ0) is 9.14. The number of carboxylic acids is 1. The first-order valence-corrected chi connectivity index (χ1v) is 4.79. The number of thiophene rings is 1. The van der Waals surface area contributed by atoms with Crippen molar-refractivity contribution in [2.45, 2.75) is 20.3 Å². The van der Waals surface area contributed by atoms with Gasteiger partial charge in [-0.3, -0.25) is 0 Å². The van der Waals surface area contributed by atoms with Gasteiger partial charge in [-0.15, -0.1) is 11.3 Å². The van der Waals surface area contributed by atoms with E-state index >= 15 is 0 Å². The van der Waals surface area contributed by atoms with Gasteiger partial charge < -0.3 is 5.11 Å². The molecule has 12 heavy (non-hydrogen) atoms. The molecule has 1 aromatic heterocycles. The molecule has 0 atom stereocenters. The molecule has 0 aromatic carbocycles. The molecule has 0 aliphatic heterocycles. The van der Waals surface area contributed by atoms with Crippen molar-refractivity contribution in [1.29, 1.82) is 0 Å². The van der Waals surface area contributed by atoms with E-state index in [1.807, 2.05) is 11.4 Å². The zero-order valence-corrected chi connectivity index (χ0v) is 8.02. The highest BCUT2D eigenvalue weighted by molar-refractivity contribution is 7.12. The van der Waals surface area contributed by atoms with Gasteiger partial charge in [0.1, 0.15) is 4.88 Å². The Morgan fingerprint density at radius 2 is 2.33 bits per heavy atom. The first-order chi connectivity index (χ1) is 5.61. The maximum Gasteiger partial charge on any atom is 0.346 e. The van der Waals surface area contributed by atoms with Gasteiger partial charge in [0.2, 0.25) is 0 Å². The van der Waals surface area contributed by atoms with Crippen LogP contribution >= 0.6 is 11.3 Å². The van der Waals surface area contributed by atoms with Crippen molar-refractivity contribution in [1.82, 2.24) is 0 Å². The fourth-order valence-electron chi connectivity index (χ4n) is 1.12. The molecule has 3 heteroatoms. The van der Waals surface area contributed by atoms with Crippen molar-refractivity contribution in [2.24, 2.45) is 5.92 Å². The summed E-state index contributed by atoms with van der Waals surface area (Å²) >= 11 is 1.30. The van der Waals surface area contributed by atoms with Crippen molar-refractivity contribution in [2.75, 3.05) is 0 Å². The molecular formula is C9H12O2S. The first kappa shape index (κ1) is 9.26. The quantitative estimate of drug-likeness (QED) is 0.784. The number of carbonyl (C=O) groups is 1. The van der Waals surface area contributed by atoms with Crippen LogP contribution in [0.25, 0.3) is 0 Å². The summed E-state index contributed by atoms with van der Waals surface area (Å²) < 4.78 is 0. The highest BCUT2D eigenvalue weighted by Crippen LogP contribution is 2.19. The molecule has 0 aliphatic rings. The van der Waals surface area contributed by atoms with Crippen LogP contribution in [0.1, 0.15) is 29.1 Å². The topological polar surface area (TPSA) is 37.3 Å². The smallest absolute Gasteiger partial charge is 0.346 e. The summed E-state index contributed by atoms with van der Waals surface area (Å²) in [4.78, 5) is 11.2. The highest BCUT2D eigenvalue weighted by Gasteiger charge is 2.11. The minimum atomic E-state index is -0.805. The number of hydrogen-bond donors (Lipinski definition) is 1. The van der Waals surface area contributed by atoms with Crippen LogP contribution in [0.4, 0.5) is 0 Å². The lowest BCUT2D eigenvalue weighted by molar-refractivity contribution is 0.0701. The number of aromatic carboxylic acids is 1. The normalized spacial score (nSPS) is 10.6. The summed E-state index contributed by atoms with van der Waals surface area (Å²) in [5, 5.41) is 10.6. The number of rotatable bonds is 3. The van der Waals surface area contributed by atoms with E-state index in [2.05, 4.69) is 13.8 Å². The molecule has 1 rings (SSSR count). The van der Waals surface area contributed by atoms with E-state index in [4.69, 9.17) is 5.11 Å². The van der Waals surface area contributed by atoms with Crippen LogP contribution in [0.3, 0.4) is 0 Å². The molecule has 1 aromatic rings. The van der Waals surface area contributed by atoms with Crippen LogP contribution < -0.4 is 0 Å². The van der Waals surface area contributed by atoms with E-state index in [1.54, 1.807) is 0 Å². The maximum absolute atomic E-state index is 10.7. The van der Waals surface area contributed by atoms with E-state index in [0.717, 1.165) is 12.0 Å². The summed E-state index contributed by atoms with van der Waals surface area (Å²) in [5.41, 5.74) is 0.961. The second-order valence-corrected chi connectivity index (χ2v) is 4.09. The van der Waals surface area contributed by atoms with Crippen LogP contribution in [0.5, 0.6) is 0 Å². The van der Waals surface area contributed by atoms with E-state index in [1.165, 1.54) is 11.3 Å². The van der Waals surface area contributed by atoms with Crippen LogP contribution in [-0.2, 0) is 6.42 Å². The standard InChI is InChI=1S/C9H12O2S/c1-6(2)5-7-3-4-12-8(7)9(10)11/h3-4,6H,5H2,1-2H3,(H,10,11). The molecule has 0 spiro atoms. The van der Waals surface area contributed by atoms with Gasteiger partial charge in [0.15, 0.2) is 0 Å². The van der Waals surface area contributed by atoms with Gasteiger partial charge in [-0.05, 0) is 29.3 Å². The minimum Gasteiger partial charge on any atom is -0.477 e. The molecule has 66 valence electrons. The third kappa shape index (κ3) is 2.08. The van der Waals surface area contributed by atoms with Crippen molar-refractivity contribution in [3.8, 4) is 0 Å². The van der Waals surface area contributed by atoms with Crippen molar-refractivity contribution >= 4 is 17.3 Å². The molecule has 0 saturated carbocycles. The Morgan fingerprint density at radius 1 is 1.67 bits per heavy atom. The van der Waals surface area contributed by atoms with E-state index < -0.39 is 5.97 Å². The molecule has 0 aliphatic carbocycles. The van der Waals surface area contributed by atoms with Gasteiger partial charge in [-0.25, -0.2) is 4.79 Å². The monoisotopic (exact) mass is 184 g/mol. The lowest BCUT2D eigenvalue weighted by atomic mass is 10.0. The third-order valence-corrected chi connectivity index (χ3v) is 2.51. The van der Waals surface area contributed by atoms with Crippen LogP contribution in [0.2, 0.25) is 0 Å². The van der Waals surface area contributed by atoms with E-state index in [-0.39, 0.29) is 0 Å². The van der Waals surface area contributed by atoms with E-state index in [0.29, 0.717) is 10.8 Å². The van der Waals surface area contributed by atoms with Crippen LogP contribution in [0, 0.1) is 5.92 Å². The van der Waals surface area contributed by atoms with Gasteiger partial charge >= 0.3 is 5.97 Å². The molecule has 0 unspecified atom stereocenters. The van der Waals surface area contributed by atoms with Crippen molar-refractivity contribution in [3.05, 3.63) is 21.9 Å². The van der Waals surface area contributed by atoms with E-state index in [9.17, 15) is 4.79 Å². The summed E-state index contributed by atoms with van der Waals surface area (Å²) in [6.07, 6.45) is 0.852. The Labute approximate surface area is 75.9 Å². The molecule has 0 amide bonds. The zero-order valence-electron chi connectivity index (χ0n) is 7.20. The lowest BCUT2D eigenvalue weighted by Crippen LogP contribution is -2.00. The first-order valence-electron chi connectivity index (χ1n) is 3.91. The Hall–Kier alpha value is -0.830. The summed E-state index contributed by atoms with van der Waals surface area (Å²) in [7, 11) is 0. The predicted octanol–water partition coefficient (Wildman–Crippen LogP) is 2.64. The highest BCUT2D eigenvalue weighted by atomic mass is 32.1. The summed E-state index contributed by atoms with van der Waals surface area (Å²) in [5.74, 6) is -0.293. The molecule has 1 N–H and O–H groups in total. The molecule has 0 fully saturated rings. The predicted molar refractivity (Wildman–Crippen MR) is 49.8 cm³/mol. The SMILES string of the molecule is CC(C)Cc1ccsc1C(=O)O. The minimum absolute atomic E-state index is 0.490. The summed E-state index contributed by atoms with van der Waals surface area (Å²) in [6.45, 7) is 4.17. The average Bonchev–Trinajstić information content (AvgIpc) is 2.33. The second-order valence-electron chi connectivity index (χ2n) is 3.18. The largest absolute Gasteiger partial charge is 0.477 e. The third-order valence-electron chi connectivity index (χ3n) is 1.57. The Balaban J connectivity index is 2.84. The second kappa shape index (κ2) is 3.72. The van der Waals surface area contributed by atoms with Gasteiger partial charge in [-0.1, -0.05) is 13.8 Å². The Morgan fingerprint density at radius 3 is 2.83 bits per heavy atom. The fourth-order valence-corrected chi connectivity index (χ4v) is 1.90. The number of carboxylic acid groups (broad SMARTS) is 1. The van der Waals surface area contributed by atoms with Crippen molar-refractivity contribution in [3.63, 3.8) is 0 Å². The average molecular weight is 184 g/mol. The van der Waals surface area contributed by atoms with Gasteiger partial charge in [-0.2, -0.15) is 0 Å². The van der Waals surface area contributed by atoms with Crippen molar-refractivity contribution < 1.29 is 9.90 Å². The number of hydrogen-bond acceptors (Lipinski definition) is 2. The lowest BCUT2D eigenvalue weighted by Gasteiger charge is -2.02. The molecule has 2 nitrogen and oxygen atoms in total. The fraction of sp³-hybridized carbons (Fsp3) is 0.444. The van der Waals surface area contributed by atoms with Crippen LogP contribution in [0.15, 0.2) is 11.4 Å². The van der Waals surface area contributed by atoms with Gasteiger partial charge in [0, 0.05) is 0 Å². The molecule has 0 saturated heterocycles. The van der Waals surface area contributed by atoms with Gasteiger partial charge in [0.05, 0.1) is 0 Å². The molecule has 1 heterocycles. The molecule has 0 radical (unpaired) electrons.